The average Bonchev–Trinajstić information content (AvgIpc) is 3.15. The number of amides is 1. The highest BCUT2D eigenvalue weighted by Crippen LogP contribution is 2.21. The zero-order valence-corrected chi connectivity index (χ0v) is 14.3. The van der Waals surface area contributed by atoms with Crippen LogP contribution in [0, 0.1) is 0 Å². The molecule has 1 aliphatic heterocycles. The summed E-state index contributed by atoms with van der Waals surface area (Å²) in [6, 6.07) is 0.171. The van der Waals surface area contributed by atoms with Crippen LogP contribution in [0.2, 0.25) is 0 Å². The van der Waals surface area contributed by atoms with Gasteiger partial charge in [0, 0.05) is 43.4 Å². The van der Waals surface area contributed by atoms with E-state index < -0.39 is 0 Å². The number of aromatic nitrogens is 3. The first kappa shape index (κ1) is 16.1. The summed E-state index contributed by atoms with van der Waals surface area (Å²) in [6.07, 6.45) is 5.94. The molecule has 0 fully saturated rings. The topological polar surface area (TPSA) is 69.0 Å². The second-order valence-corrected chi connectivity index (χ2v) is 6.64. The number of aryl methyl sites for hydroxylation is 1. The molecular formula is C16H22N4O2S. The van der Waals surface area contributed by atoms with Crippen molar-refractivity contribution in [2.45, 2.75) is 51.8 Å². The van der Waals surface area contributed by atoms with Gasteiger partial charge in [-0.2, -0.15) is 0 Å². The van der Waals surface area contributed by atoms with E-state index in [0.29, 0.717) is 13.0 Å². The molecule has 0 saturated carbocycles. The highest BCUT2D eigenvalue weighted by Gasteiger charge is 2.21. The zero-order chi connectivity index (χ0) is 16.2. The van der Waals surface area contributed by atoms with E-state index in [1.54, 1.807) is 11.3 Å². The molecule has 0 saturated heterocycles. The van der Waals surface area contributed by atoms with Gasteiger partial charge >= 0.3 is 0 Å². The van der Waals surface area contributed by atoms with Gasteiger partial charge in [-0.05, 0) is 20.3 Å². The summed E-state index contributed by atoms with van der Waals surface area (Å²) in [6.45, 7) is 5.41. The van der Waals surface area contributed by atoms with Crippen molar-refractivity contribution in [3.8, 4) is 0 Å². The summed E-state index contributed by atoms with van der Waals surface area (Å²) in [4.78, 5) is 21.0. The van der Waals surface area contributed by atoms with Crippen molar-refractivity contribution in [2.75, 3.05) is 6.61 Å². The molecule has 2 aromatic heterocycles. The maximum atomic E-state index is 12.2. The van der Waals surface area contributed by atoms with Crippen LogP contribution in [-0.2, 0) is 28.9 Å². The molecule has 3 rings (SSSR count). The highest BCUT2D eigenvalue weighted by atomic mass is 32.1. The molecule has 3 heterocycles. The first-order valence-electron chi connectivity index (χ1n) is 8.01. The molecule has 23 heavy (non-hydrogen) atoms. The molecule has 0 aromatic carbocycles. The molecule has 0 unspecified atom stereocenters. The van der Waals surface area contributed by atoms with Crippen molar-refractivity contribution in [3.05, 3.63) is 34.3 Å². The van der Waals surface area contributed by atoms with E-state index in [2.05, 4.69) is 19.9 Å². The number of imidazole rings is 1. The lowest BCUT2D eigenvalue weighted by Gasteiger charge is -2.24. The van der Waals surface area contributed by atoms with Crippen molar-refractivity contribution >= 4 is 17.2 Å². The Morgan fingerprint density at radius 2 is 2.48 bits per heavy atom. The molecule has 7 heteroatoms. The summed E-state index contributed by atoms with van der Waals surface area (Å²) in [5, 5.41) is 5.98. The Hall–Kier alpha value is -1.73. The molecular weight excluding hydrogens is 312 g/mol. The molecule has 124 valence electrons. The average molecular weight is 334 g/mol. The van der Waals surface area contributed by atoms with Crippen LogP contribution in [0.3, 0.4) is 0 Å². The van der Waals surface area contributed by atoms with E-state index in [-0.39, 0.29) is 18.1 Å². The molecule has 2 atom stereocenters. The Kier molecular flexibility index (Phi) is 5.07. The molecule has 0 aliphatic carbocycles. The van der Waals surface area contributed by atoms with Gasteiger partial charge in [0.25, 0.3) is 0 Å². The Bertz CT molecular complexity index is 667. The fourth-order valence-electron chi connectivity index (χ4n) is 2.84. The number of fused-ring (bicyclic) bond motifs is 1. The van der Waals surface area contributed by atoms with Crippen molar-refractivity contribution in [1.29, 1.82) is 0 Å². The standard InChI is InChI=1S/C16H22N4O2S/c1-3-22-11(2)16-19-13(10-23-16)8-15(21)18-12-4-5-14-17-6-7-20(14)9-12/h6-7,10-12H,3-5,8-9H2,1-2H3,(H,18,21)/t11-,12+/m1/s1. The van der Waals surface area contributed by atoms with Gasteiger partial charge in [0.2, 0.25) is 5.91 Å². The molecule has 0 spiro atoms. The number of carbonyl (C=O) groups excluding carboxylic acids is 1. The largest absolute Gasteiger partial charge is 0.372 e. The smallest absolute Gasteiger partial charge is 0.226 e. The van der Waals surface area contributed by atoms with E-state index >= 15 is 0 Å². The second kappa shape index (κ2) is 7.23. The first-order chi connectivity index (χ1) is 11.2. The third kappa shape index (κ3) is 3.97. The fourth-order valence-corrected chi connectivity index (χ4v) is 3.66. The lowest BCUT2D eigenvalue weighted by molar-refractivity contribution is -0.121. The molecule has 0 radical (unpaired) electrons. The third-order valence-electron chi connectivity index (χ3n) is 3.98. The Labute approximate surface area is 139 Å². The Morgan fingerprint density at radius 3 is 3.30 bits per heavy atom. The quantitative estimate of drug-likeness (QED) is 0.878. The predicted molar refractivity (Wildman–Crippen MR) is 88.3 cm³/mol. The van der Waals surface area contributed by atoms with Crippen molar-refractivity contribution in [3.63, 3.8) is 0 Å². The lowest BCUT2D eigenvalue weighted by Crippen LogP contribution is -2.41. The number of hydrogen-bond donors (Lipinski definition) is 1. The minimum absolute atomic E-state index is 0.0141. The molecule has 1 amide bonds. The molecule has 0 bridgehead atoms. The maximum Gasteiger partial charge on any atom is 0.226 e. The minimum atomic E-state index is -0.0141. The van der Waals surface area contributed by atoms with E-state index in [1.165, 1.54) is 0 Å². The summed E-state index contributed by atoms with van der Waals surface area (Å²) < 4.78 is 7.64. The Morgan fingerprint density at radius 1 is 1.61 bits per heavy atom. The van der Waals surface area contributed by atoms with E-state index in [9.17, 15) is 4.79 Å². The van der Waals surface area contributed by atoms with Gasteiger partial charge in [0.1, 0.15) is 16.9 Å². The highest BCUT2D eigenvalue weighted by molar-refractivity contribution is 7.09. The number of thiazole rings is 1. The van der Waals surface area contributed by atoms with Crippen LogP contribution in [0.25, 0.3) is 0 Å². The summed E-state index contributed by atoms with van der Waals surface area (Å²) >= 11 is 1.55. The summed E-state index contributed by atoms with van der Waals surface area (Å²) in [5.74, 6) is 1.13. The number of hydrogen-bond acceptors (Lipinski definition) is 5. The molecule has 6 nitrogen and oxygen atoms in total. The number of ether oxygens (including phenoxy) is 1. The number of rotatable bonds is 6. The van der Waals surface area contributed by atoms with Gasteiger partial charge in [-0.25, -0.2) is 9.97 Å². The van der Waals surface area contributed by atoms with Gasteiger partial charge in [0.15, 0.2) is 0 Å². The van der Waals surface area contributed by atoms with E-state index in [1.807, 2.05) is 31.6 Å². The monoisotopic (exact) mass is 334 g/mol. The van der Waals surface area contributed by atoms with Crippen LogP contribution in [0.1, 0.15) is 42.9 Å². The lowest BCUT2D eigenvalue weighted by atomic mass is 10.1. The van der Waals surface area contributed by atoms with Crippen molar-refractivity contribution < 1.29 is 9.53 Å². The minimum Gasteiger partial charge on any atom is -0.372 e. The van der Waals surface area contributed by atoms with Gasteiger partial charge in [-0.15, -0.1) is 11.3 Å². The normalized spacial score (nSPS) is 18.4. The SMILES string of the molecule is CCO[C@H](C)c1nc(CC(=O)N[C@H]2CCc3nccn3C2)cs1. The van der Waals surface area contributed by atoms with Gasteiger partial charge in [-0.1, -0.05) is 0 Å². The maximum absolute atomic E-state index is 12.2. The molecule has 2 aromatic rings. The molecule has 1 aliphatic rings. The van der Waals surface area contributed by atoms with E-state index in [0.717, 1.165) is 35.9 Å². The third-order valence-corrected chi connectivity index (χ3v) is 5.03. The second-order valence-electron chi connectivity index (χ2n) is 5.75. The van der Waals surface area contributed by atoms with Crippen LogP contribution in [-0.4, -0.2) is 33.1 Å². The van der Waals surface area contributed by atoms with Crippen LogP contribution in [0.5, 0.6) is 0 Å². The Balaban J connectivity index is 1.52. The summed E-state index contributed by atoms with van der Waals surface area (Å²) in [5.41, 5.74) is 0.813. The number of nitrogens with one attached hydrogen (secondary N) is 1. The van der Waals surface area contributed by atoms with Gasteiger partial charge < -0.3 is 14.6 Å². The first-order valence-corrected chi connectivity index (χ1v) is 8.89. The van der Waals surface area contributed by atoms with Crippen LogP contribution in [0.4, 0.5) is 0 Å². The zero-order valence-electron chi connectivity index (χ0n) is 13.5. The van der Waals surface area contributed by atoms with Gasteiger partial charge in [-0.3, -0.25) is 4.79 Å². The van der Waals surface area contributed by atoms with E-state index in [4.69, 9.17) is 4.74 Å². The number of nitrogens with zero attached hydrogens (tertiary/aromatic N) is 3. The van der Waals surface area contributed by atoms with Crippen molar-refractivity contribution in [1.82, 2.24) is 19.9 Å². The molecule has 1 N–H and O–H groups in total. The van der Waals surface area contributed by atoms with Crippen molar-refractivity contribution in [2.24, 2.45) is 0 Å². The summed E-state index contributed by atoms with van der Waals surface area (Å²) in [7, 11) is 0. The fraction of sp³-hybridized carbons (Fsp3) is 0.562. The van der Waals surface area contributed by atoms with Crippen LogP contribution in [0.15, 0.2) is 17.8 Å². The predicted octanol–water partition coefficient (Wildman–Crippen LogP) is 2.11. The number of carbonyl (C=O) groups is 1. The van der Waals surface area contributed by atoms with Crippen LogP contribution < -0.4 is 5.32 Å². The van der Waals surface area contributed by atoms with Crippen LogP contribution >= 0.6 is 11.3 Å². The van der Waals surface area contributed by atoms with Gasteiger partial charge in [0.05, 0.1) is 12.1 Å².